The molecule has 0 aliphatic carbocycles. The van der Waals surface area contributed by atoms with Gasteiger partial charge in [-0.2, -0.15) is 0 Å². The van der Waals surface area contributed by atoms with Crippen LogP contribution >= 0.6 is 0 Å². The number of amides is 1. The third-order valence-electron chi connectivity index (χ3n) is 3.73. The highest BCUT2D eigenvalue weighted by Crippen LogP contribution is 2.16. The maximum atomic E-state index is 11.9. The van der Waals surface area contributed by atoms with E-state index in [9.17, 15) is 9.59 Å². The third-order valence-corrected chi connectivity index (χ3v) is 3.73. The van der Waals surface area contributed by atoms with Crippen molar-refractivity contribution in [2.24, 2.45) is 5.92 Å². The molecule has 0 aromatic heterocycles. The summed E-state index contributed by atoms with van der Waals surface area (Å²) in [6, 6.07) is 7.31. The van der Waals surface area contributed by atoms with Gasteiger partial charge < -0.3 is 15.4 Å². The molecular weight excluding hydrogens is 268 g/mol. The third kappa shape index (κ3) is 5.19. The van der Waals surface area contributed by atoms with Crippen molar-refractivity contribution in [3.05, 3.63) is 29.8 Å². The minimum absolute atomic E-state index is 0.0251. The smallest absolute Gasteiger partial charge is 0.309 e. The quantitative estimate of drug-likeness (QED) is 0.783. The molecule has 1 saturated heterocycles. The lowest BCUT2D eigenvalue weighted by Crippen LogP contribution is -2.15. The Hall–Kier alpha value is -1.88. The summed E-state index contributed by atoms with van der Waals surface area (Å²) < 4.78 is 4.64. The number of nitrogens with one attached hydrogen (secondary N) is 2. The molecule has 0 saturated carbocycles. The summed E-state index contributed by atoms with van der Waals surface area (Å²) >= 11 is 0. The Morgan fingerprint density at radius 3 is 3.00 bits per heavy atom. The highest BCUT2D eigenvalue weighted by molar-refractivity contribution is 5.90. The first-order chi connectivity index (χ1) is 10.2. The zero-order valence-electron chi connectivity index (χ0n) is 12.4. The second kappa shape index (κ2) is 7.78. The van der Waals surface area contributed by atoms with E-state index in [4.69, 9.17) is 0 Å². The molecule has 1 atom stereocenters. The molecule has 0 radical (unpaired) electrons. The number of hydrogen-bond acceptors (Lipinski definition) is 4. The fourth-order valence-electron chi connectivity index (χ4n) is 2.52. The van der Waals surface area contributed by atoms with Crippen molar-refractivity contribution in [3.63, 3.8) is 0 Å². The summed E-state index contributed by atoms with van der Waals surface area (Å²) in [7, 11) is 1.37. The van der Waals surface area contributed by atoms with Crippen LogP contribution < -0.4 is 10.6 Å². The molecule has 1 amide bonds. The maximum Gasteiger partial charge on any atom is 0.309 e. The number of ether oxygens (including phenoxy) is 1. The van der Waals surface area contributed by atoms with E-state index in [-0.39, 0.29) is 18.3 Å². The summed E-state index contributed by atoms with van der Waals surface area (Å²) in [5.74, 6) is 0.353. The highest BCUT2D eigenvalue weighted by Gasteiger charge is 2.15. The highest BCUT2D eigenvalue weighted by atomic mass is 16.5. The van der Waals surface area contributed by atoms with E-state index in [2.05, 4.69) is 15.4 Å². The van der Waals surface area contributed by atoms with Gasteiger partial charge in [0.05, 0.1) is 13.5 Å². The van der Waals surface area contributed by atoms with E-state index < -0.39 is 0 Å². The van der Waals surface area contributed by atoms with Crippen LogP contribution in [0.4, 0.5) is 5.69 Å². The first kappa shape index (κ1) is 15.5. The van der Waals surface area contributed by atoms with E-state index in [0.717, 1.165) is 37.2 Å². The topological polar surface area (TPSA) is 67.4 Å². The molecule has 2 N–H and O–H groups in total. The lowest BCUT2D eigenvalue weighted by molar-refractivity contribution is -0.139. The van der Waals surface area contributed by atoms with Crippen molar-refractivity contribution in [1.29, 1.82) is 0 Å². The molecule has 114 valence electrons. The van der Waals surface area contributed by atoms with Crippen LogP contribution in [-0.2, 0) is 20.7 Å². The zero-order valence-corrected chi connectivity index (χ0v) is 12.4. The predicted molar refractivity (Wildman–Crippen MR) is 81.0 cm³/mol. The Bertz CT molecular complexity index is 496. The molecule has 0 bridgehead atoms. The van der Waals surface area contributed by atoms with Gasteiger partial charge in [0.1, 0.15) is 0 Å². The Kier molecular flexibility index (Phi) is 5.75. The summed E-state index contributed by atoms with van der Waals surface area (Å²) in [5, 5.41) is 6.19. The van der Waals surface area contributed by atoms with Gasteiger partial charge in [-0.25, -0.2) is 0 Å². The van der Waals surface area contributed by atoms with Gasteiger partial charge in [-0.15, -0.1) is 0 Å². The van der Waals surface area contributed by atoms with E-state index in [1.807, 2.05) is 24.3 Å². The average Bonchev–Trinajstić information content (AvgIpc) is 2.98. The van der Waals surface area contributed by atoms with Crippen LogP contribution in [-0.4, -0.2) is 32.1 Å². The first-order valence-corrected chi connectivity index (χ1v) is 7.33. The minimum Gasteiger partial charge on any atom is -0.469 e. The van der Waals surface area contributed by atoms with Crippen LogP contribution in [0.25, 0.3) is 0 Å². The molecule has 1 aliphatic rings. The molecule has 1 fully saturated rings. The molecule has 0 spiro atoms. The minimum atomic E-state index is -0.285. The van der Waals surface area contributed by atoms with Gasteiger partial charge in [0.25, 0.3) is 0 Å². The van der Waals surface area contributed by atoms with Crippen LogP contribution in [0, 0.1) is 5.92 Å². The van der Waals surface area contributed by atoms with E-state index in [1.54, 1.807) is 0 Å². The monoisotopic (exact) mass is 290 g/mol. The molecular formula is C16H22N2O3. The predicted octanol–water partition coefficient (Wildman–Crippen LogP) is 1.73. The van der Waals surface area contributed by atoms with E-state index >= 15 is 0 Å². The fourth-order valence-corrected chi connectivity index (χ4v) is 2.52. The molecule has 2 rings (SSSR count). The molecule has 1 aliphatic heterocycles. The van der Waals surface area contributed by atoms with Gasteiger partial charge >= 0.3 is 5.97 Å². The van der Waals surface area contributed by atoms with Crippen molar-refractivity contribution in [1.82, 2.24) is 5.32 Å². The average molecular weight is 290 g/mol. The van der Waals surface area contributed by atoms with Crippen LogP contribution in [0.15, 0.2) is 24.3 Å². The van der Waals surface area contributed by atoms with Gasteiger partial charge in [-0.3, -0.25) is 9.59 Å². The summed E-state index contributed by atoms with van der Waals surface area (Å²) in [4.78, 5) is 23.2. The van der Waals surface area contributed by atoms with Gasteiger partial charge in [0.2, 0.25) is 5.91 Å². The maximum absolute atomic E-state index is 11.9. The molecule has 5 heteroatoms. The summed E-state index contributed by atoms with van der Waals surface area (Å²) in [5.41, 5.74) is 1.56. The van der Waals surface area contributed by atoms with Crippen molar-refractivity contribution >= 4 is 17.6 Å². The van der Waals surface area contributed by atoms with E-state index in [1.165, 1.54) is 7.11 Å². The second-order valence-electron chi connectivity index (χ2n) is 5.40. The van der Waals surface area contributed by atoms with Crippen molar-refractivity contribution < 1.29 is 14.3 Å². The number of anilines is 1. The lowest BCUT2D eigenvalue weighted by atomic mass is 10.0. The summed E-state index contributed by atoms with van der Waals surface area (Å²) in [6.45, 7) is 2.07. The Balaban J connectivity index is 1.82. The SMILES string of the molecule is COC(=O)Cc1cccc(NC(=O)CCC2CCNC2)c1. The van der Waals surface area contributed by atoms with E-state index in [0.29, 0.717) is 12.3 Å². The number of carbonyl (C=O) groups excluding carboxylic acids is 2. The van der Waals surface area contributed by atoms with Gasteiger partial charge in [0.15, 0.2) is 0 Å². The number of rotatable bonds is 6. The second-order valence-corrected chi connectivity index (χ2v) is 5.40. The molecule has 1 aromatic rings. The number of hydrogen-bond donors (Lipinski definition) is 2. The summed E-state index contributed by atoms with van der Waals surface area (Å²) in [6.07, 6.45) is 2.82. The lowest BCUT2D eigenvalue weighted by Gasteiger charge is -2.09. The molecule has 1 heterocycles. The van der Waals surface area contributed by atoms with Crippen LogP contribution in [0.2, 0.25) is 0 Å². The number of carbonyl (C=O) groups is 2. The number of methoxy groups -OCH3 is 1. The standard InChI is InChI=1S/C16H22N2O3/c1-21-16(20)10-13-3-2-4-14(9-13)18-15(19)6-5-12-7-8-17-11-12/h2-4,9,12,17H,5-8,10-11H2,1H3,(H,18,19). The van der Waals surface area contributed by atoms with Crippen LogP contribution in [0.5, 0.6) is 0 Å². The van der Waals surface area contributed by atoms with Crippen molar-refractivity contribution in [2.45, 2.75) is 25.7 Å². The van der Waals surface area contributed by atoms with Crippen molar-refractivity contribution in [3.8, 4) is 0 Å². The Morgan fingerprint density at radius 1 is 1.43 bits per heavy atom. The molecule has 1 unspecified atom stereocenters. The van der Waals surface area contributed by atoms with Crippen LogP contribution in [0.1, 0.15) is 24.8 Å². The normalized spacial score (nSPS) is 17.5. The first-order valence-electron chi connectivity index (χ1n) is 7.33. The van der Waals surface area contributed by atoms with Crippen molar-refractivity contribution in [2.75, 3.05) is 25.5 Å². The molecule has 21 heavy (non-hydrogen) atoms. The Morgan fingerprint density at radius 2 is 2.29 bits per heavy atom. The van der Waals surface area contributed by atoms with Gasteiger partial charge in [0, 0.05) is 12.1 Å². The zero-order chi connectivity index (χ0) is 15.1. The molecule has 1 aromatic carbocycles. The number of esters is 1. The number of benzene rings is 1. The van der Waals surface area contributed by atoms with Crippen LogP contribution in [0.3, 0.4) is 0 Å². The Labute approximate surface area is 125 Å². The fraction of sp³-hybridized carbons (Fsp3) is 0.500. The largest absolute Gasteiger partial charge is 0.469 e. The van der Waals surface area contributed by atoms with Gasteiger partial charge in [-0.1, -0.05) is 12.1 Å². The molecule has 5 nitrogen and oxygen atoms in total. The van der Waals surface area contributed by atoms with Gasteiger partial charge in [-0.05, 0) is 49.5 Å².